The Labute approximate surface area is 134 Å². The van der Waals surface area contributed by atoms with Crippen LogP contribution in [0.3, 0.4) is 0 Å². The molecule has 1 aliphatic heterocycles. The molecule has 0 unspecified atom stereocenters. The first-order chi connectivity index (χ1) is 10.8. The van der Waals surface area contributed by atoms with E-state index in [1.54, 1.807) is 0 Å². The highest BCUT2D eigenvalue weighted by molar-refractivity contribution is 7.13. The zero-order valence-corrected chi connectivity index (χ0v) is 12.7. The van der Waals surface area contributed by atoms with Crippen molar-refractivity contribution in [3.8, 4) is 10.6 Å². The minimum Gasteiger partial charge on any atom is -0.481 e. The van der Waals surface area contributed by atoms with Gasteiger partial charge in [0.15, 0.2) is 0 Å². The van der Waals surface area contributed by atoms with E-state index in [0.717, 1.165) is 17.8 Å². The van der Waals surface area contributed by atoms with Crippen LogP contribution in [0.4, 0.5) is 13.2 Å². The Balaban J connectivity index is 1.64. The lowest BCUT2D eigenvalue weighted by Crippen LogP contribution is -2.49. The number of nitrogens with zero attached hydrogens (tertiary/aromatic N) is 2. The zero-order valence-electron chi connectivity index (χ0n) is 11.9. The monoisotopic (exact) mass is 342 g/mol. The SMILES string of the molecule is O=C(O)C1CN(Cc2csc(-c3ccc(C(F)(F)F)cc3)n2)C1. The second-order valence-corrected chi connectivity index (χ2v) is 6.31. The molecule has 3 rings (SSSR count). The summed E-state index contributed by atoms with van der Waals surface area (Å²) in [7, 11) is 0. The molecule has 2 heterocycles. The molecule has 8 heteroatoms. The van der Waals surface area contributed by atoms with Gasteiger partial charge in [0.25, 0.3) is 0 Å². The molecular weight excluding hydrogens is 329 g/mol. The molecule has 0 atom stereocenters. The van der Waals surface area contributed by atoms with Gasteiger partial charge in [-0.1, -0.05) is 12.1 Å². The van der Waals surface area contributed by atoms with Gasteiger partial charge in [0, 0.05) is 30.6 Å². The van der Waals surface area contributed by atoms with Gasteiger partial charge in [0.1, 0.15) is 5.01 Å². The van der Waals surface area contributed by atoms with Crippen molar-refractivity contribution in [1.29, 1.82) is 0 Å². The van der Waals surface area contributed by atoms with Crippen LogP contribution in [0.15, 0.2) is 29.6 Å². The van der Waals surface area contributed by atoms with Crippen molar-refractivity contribution in [3.05, 3.63) is 40.9 Å². The first-order valence-electron chi connectivity index (χ1n) is 6.90. The minimum absolute atomic E-state index is 0.317. The van der Waals surface area contributed by atoms with Crippen molar-refractivity contribution >= 4 is 17.3 Å². The third-order valence-electron chi connectivity index (χ3n) is 3.70. The average molecular weight is 342 g/mol. The number of halogens is 3. The third-order valence-corrected chi connectivity index (χ3v) is 4.64. The molecule has 1 N–H and O–H groups in total. The number of aliphatic carboxylic acids is 1. The number of hydrogen-bond donors (Lipinski definition) is 1. The smallest absolute Gasteiger partial charge is 0.416 e. The van der Waals surface area contributed by atoms with E-state index in [-0.39, 0.29) is 5.92 Å². The first kappa shape index (κ1) is 15.9. The standard InChI is InChI=1S/C15H13F3N2O2S/c16-15(17,18)11-3-1-9(2-4-11)13-19-12(8-23-13)7-20-5-10(6-20)14(21)22/h1-4,8,10H,5-7H2,(H,21,22). The van der Waals surface area contributed by atoms with E-state index >= 15 is 0 Å². The van der Waals surface area contributed by atoms with Gasteiger partial charge in [0.05, 0.1) is 17.2 Å². The molecule has 0 saturated carbocycles. The van der Waals surface area contributed by atoms with E-state index in [0.29, 0.717) is 30.2 Å². The van der Waals surface area contributed by atoms with Gasteiger partial charge in [-0.05, 0) is 12.1 Å². The van der Waals surface area contributed by atoms with Crippen LogP contribution in [0.25, 0.3) is 10.6 Å². The molecule has 0 radical (unpaired) electrons. The van der Waals surface area contributed by atoms with E-state index in [9.17, 15) is 18.0 Å². The van der Waals surface area contributed by atoms with Crippen molar-refractivity contribution in [2.75, 3.05) is 13.1 Å². The number of benzene rings is 1. The molecule has 23 heavy (non-hydrogen) atoms. The lowest BCUT2D eigenvalue weighted by atomic mass is 10.0. The summed E-state index contributed by atoms with van der Waals surface area (Å²) in [6.45, 7) is 1.56. The lowest BCUT2D eigenvalue weighted by molar-refractivity contribution is -0.147. The van der Waals surface area contributed by atoms with Crippen LogP contribution < -0.4 is 0 Å². The van der Waals surface area contributed by atoms with Gasteiger partial charge in [-0.2, -0.15) is 13.2 Å². The van der Waals surface area contributed by atoms with Crippen LogP contribution in [-0.2, 0) is 17.5 Å². The maximum Gasteiger partial charge on any atom is 0.416 e. The predicted octanol–water partition coefficient (Wildman–Crippen LogP) is 3.35. The van der Waals surface area contributed by atoms with Crippen molar-refractivity contribution in [2.45, 2.75) is 12.7 Å². The normalized spacial score (nSPS) is 16.3. The Morgan fingerprint density at radius 2 is 1.96 bits per heavy atom. The first-order valence-corrected chi connectivity index (χ1v) is 7.78. The number of alkyl halides is 3. The summed E-state index contributed by atoms with van der Waals surface area (Å²) < 4.78 is 37.6. The average Bonchev–Trinajstić information content (AvgIpc) is 2.90. The van der Waals surface area contributed by atoms with Crippen LogP contribution in [0, 0.1) is 5.92 Å². The van der Waals surface area contributed by atoms with Crippen molar-refractivity contribution in [1.82, 2.24) is 9.88 Å². The second kappa shape index (κ2) is 5.93. The Kier molecular flexibility index (Phi) is 4.11. The summed E-state index contributed by atoms with van der Waals surface area (Å²) in [4.78, 5) is 17.1. The number of carbonyl (C=O) groups is 1. The molecule has 1 aliphatic rings. The van der Waals surface area contributed by atoms with Crippen LogP contribution in [0.2, 0.25) is 0 Å². The fraction of sp³-hybridized carbons (Fsp3) is 0.333. The lowest BCUT2D eigenvalue weighted by Gasteiger charge is -2.35. The number of carboxylic acid groups (broad SMARTS) is 1. The quantitative estimate of drug-likeness (QED) is 0.926. The van der Waals surface area contributed by atoms with Crippen molar-refractivity contribution in [2.24, 2.45) is 5.92 Å². The number of thiazole rings is 1. The Morgan fingerprint density at radius 1 is 1.30 bits per heavy atom. The summed E-state index contributed by atoms with van der Waals surface area (Å²) in [5, 5.41) is 11.3. The Morgan fingerprint density at radius 3 is 2.52 bits per heavy atom. The molecule has 4 nitrogen and oxygen atoms in total. The molecule has 0 aliphatic carbocycles. The Bertz CT molecular complexity index is 706. The van der Waals surface area contributed by atoms with E-state index in [1.165, 1.54) is 23.5 Å². The van der Waals surface area contributed by atoms with Crippen LogP contribution in [0.1, 0.15) is 11.3 Å². The van der Waals surface area contributed by atoms with E-state index < -0.39 is 17.7 Å². The largest absolute Gasteiger partial charge is 0.481 e. The molecule has 2 aromatic rings. The third kappa shape index (κ3) is 3.53. The van der Waals surface area contributed by atoms with Gasteiger partial charge < -0.3 is 5.11 Å². The number of likely N-dealkylation sites (tertiary alicyclic amines) is 1. The molecular formula is C15H13F3N2O2S. The summed E-state index contributed by atoms with van der Waals surface area (Å²) in [5.74, 6) is -1.10. The summed E-state index contributed by atoms with van der Waals surface area (Å²) in [6, 6.07) is 4.91. The molecule has 0 bridgehead atoms. The molecule has 1 aromatic heterocycles. The van der Waals surface area contributed by atoms with Gasteiger partial charge >= 0.3 is 12.1 Å². The fourth-order valence-electron chi connectivity index (χ4n) is 2.40. The fourth-order valence-corrected chi connectivity index (χ4v) is 3.22. The molecule has 0 spiro atoms. The number of rotatable bonds is 4. The highest BCUT2D eigenvalue weighted by Gasteiger charge is 2.32. The highest BCUT2D eigenvalue weighted by atomic mass is 32.1. The van der Waals surface area contributed by atoms with Crippen LogP contribution in [0.5, 0.6) is 0 Å². The predicted molar refractivity (Wildman–Crippen MR) is 79.0 cm³/mol. The summed E-state index contributed by atoms with van der Waals surface area (Å²) in [5.41, 5.74) is 0.758. The van der Waals surface area contributed by atoms with Gasteiger partial charge in [0.2, 0.25) is 0 Å². The maximum absolute atomic E-state index is 12.5. The highest BCUT2D eigenvalue weighted by Crippen LogP contribution is 2.32. The number of aromatic nitrogens is 1. The maximum atomic E-state index is 12.5. The topological polar surface area (TPSA) is 53.4 Å². The molecule has 1 aromatic carbocycles. The Hall–Kier alpha value is -1.93. The van der Waals surface area contributed by atoms with E-state index in [4.69, 9.17) is 5.11 Å². The van der Waals surface area contributed by atoms with Crippen molar-refractivity contribution < 1.29 is 23.1 Å². The molecule has 0 amide bonds. The second-order valence-electron chi connectivity index (χ2n) is 5.45. The molecule has 1 saturated heterocycles. The summed E-state index contributed by atoms with van der Waals surface area (Å²) >= 11 is 1.36. The van der Waals surface area contributed by atoms with Gasteiger partial charge in [-0.15, -0.1) is 11.3 Å². The van der Waals surface area contributed by atoms with E-state index in [2.05, 4.69) is 4.98 Å². The van der Waals surface area contributed by atoms with Crippen molar-refractivity contribution in [3.63, 3.8) is 0 Å². The van der Waals surface area contributed by atoms with Gasteiger partial charge in [-0.3, -0.25) is 9.69 Å². The number of carboxylic acids is 1. The van der Waals surface area contributed by atoms with Gasteiger partial charge in [-0.25, -0.2) is 4.98 Å². The van der Waals surface area contributed by atoms with E-state index in [1.807, 2.05) is 10.3 Å². The molecule has 122 valence electrons. The van der Waals surface area contributed by atoms with Crippen LogP contribution in [-0.4, -0.2) is 34.0 Å². The molecule has 1 fully saturated rings. The minimum atomic E-state index is -4.34. The number of hydrogen-bond acceptors (Lipinski definition) is 4. The summed E-state index contributed by atoms with van der Waals surface area (Å²) in [6.07, 6.45) is -4.34. The zero-order chi connectivity index (χ0) is 16.6. The van der Waals surface area contributed by atoms with Crippen LogP contribution >= 0.6 is 11.3 Å².